The third-order valence-corrected chi connectivity index (χ3v) is 5.81. The molecule has 2 heterocycles. The lowest BCUT2D eigenvalue weighted by atomic mass is 9.97. The maximum absolute atomic E-state index is 12.3. The minimum absolute atomic E-state index is 0.251. The van der Waals surface area contributed by atoms with Gasteiger partial charge >= 0.3 is 0 Å². The predicted octanol–water partition coefficient (Wildman–Crippen LogP) is 0.541. The summed E-state index contributed by atoms with van der Waals surface area (Å²) in [6.45, 7) is 1.94. The number of hydrogen-bond donors (Lipinski definition) is 0. The van der Waals surface area contributed by atoms with E-state index in [1.807, 2.05) is 0 Å². The fraction of sp³-hybridized carbons (Fsp3) is 1.00. The Morgan fingerprint density at radius 1 is 1.21 bits per heavy atom. The van der Waals surface area contributed by atoms with Crippen LogP contribution >= 0.6 is 7.52 Å². The first-order chi connectivity index (χ1) is 8.96. The molecule has 8 heteroatoms. The Labute approximate surface area is 113 Å². The third-order valence-electron chi connectivity index (χ3n) is 3.79. The van der Waals surface area contributed by atoms with Gasteiger partial charge in [-0.1, -0.05) is 0 Å². The van der Waals surface area contributed by atoms with Crippen LogP contribution < -0.4 is 0 Å². The number of ether oxygens (including phenoxy) is 4. The van der Waals surface area contributed by atoms with Crippen molar-refractivity contribution in [3.8, 4) is 0 Å². The summed E-state index contributed by atoms with van der Waals surface area (Å²) in [6, 6.07) is -0.251. The fourth-order valence-corrected chi connectivity index (χ4v) is 4.17. The van der Waals surface area contributed by atoms with Crippen molar-refractivity contribution in [1.29, 1.82) is 0 Å². The van der Waals surface area contributed by atoms with Gasteiger partial charge in [0.2, 0.25) is 0 Å². The molecule has 112 valence electrons. The van der Waals surface area contributed by atoms with E-state index >= 15 is 0 Å². The molecule has 2 aliphatic heterocycles. The molecular weight excluding hydrogens is 273 g/mol. The Balaban J connectivity index is 2.27. The molecule has 0 saturated carbocycles. The molecule has 2 aliphatic rings. The number of rotatable bonds is 4. The molecule has 2 saturated heterocycles. The Bertz CT molecular complexity index is 367. The highest BCUT2D eigenvalue weighted by Crippen LogP contribution is 2.57. The van der Waals surface area contributed by atoms with Gasteiger partial charge in [0.05, 0.1) is 12.6 Å². The van der Waals surface area contributed by atoms with Crippen molar-refractivity contribution in [2.75, 3.05) is 41.6 Å². The van der Waals surface area contributed by atoms with Crippen molar-refractivity contribution >= 4 is 7.52 Å². The van der Waals surface area contributed by atoms with Crippen molar-refractivity contribution in [3.05, 3.63) is 0 Å². The summed E-state index contributed by atoms with van der Waals surface area (Å²) < 4.78 is 41.5. The molecule has 0 aromatic carbocycles. The molecule has 6 atom stereocenters. The van der Waals surface area contributed by atoms with Crippen LogP contribution in [0.15, 0.2) is 0 Å². The van der Waals surface area contributed by atoms with Crippen LogP contribution in [-0.2, 0) is 28.0 Å². The van der Waals surface area contributed by atoms with E-state index in [2.05, 4.69) is 0 Å². The summed E-state index contributed by atoms with van der Waals surface area (Å²) in [5.41, 5.74) is 0. The minimum Gasteiger partial charge on any atom is -0.382 e. The topological polar surface area (TPSA) is 66.5 Å². The highest BCUT2D eigenvalue weighted by molar-refractivity contribution is 7.55. The summed E-state index contributed by atoms with van der Waals surface area (Å²) in [6.07, 6.45) is -1.48. The van der Waals surface area contributed by atoms with Crippen LogP contribution in [0.1, 0.15) is 0 Å². The molecule has 0 amide bonds. The highest BCUT2D eigenvalue weighted by Gasteiger charge is 2.57. The molecule has 0 bridgehead atoms. The lowest BCUT2D eigenvalue weighted by Crippen LogP contribution is -2.61. The number of hydrogen-bond acceptors (Lipinski definition) is 6. The molecule has 7 nitrogen and oxygen atoms in total. The van der Waals surface area contributed by atoms with E-state index < -0.39 is 13.8 Å². The molecule has 0 unspecified atom stereocenters. The van der Waals surface area contributed by atoms with Crippen LogP contribution in [0.2, 0.25) is 0 Å². The van der Waals surface area contributed by atoms with Gasteiger partial charge in [-0.05, 0) is 7.05 Å². The molecule has 0 spiro atoms. The normalized spacial score (nSPS) is 47.3. The molecule has 2 fully saturated rings. The van der Waals surface area contributed by atoms with Crippen molar-refractivity contribution in [3.63, 3.8) is 0 Å². The first kappa shape index (κ1) is 15.4. The van der Waals surface area contributed by atoms with E-state index in [0.29, 0.717) is 6.61 Å². The predicted molar refractivity (Wildman–Crippen MR) is 68.3 cm³/mol. The zero-order valence-electron chi connectivity index (χ0n) is 11.9. The van der Waals surface area contributed by atoms with E-state index in [9.17, 15) is 4.57 Å². The third kappa shape index (κ3) is 2.61. The lowest BCUT2D eigenvalue weighted by Gasteiger charge is -2.43. The number of methoxy groups -OCH3 is 3. The largest absolute Gasteiger partial charge is 0.382 e. The van der Waals surface area contributed by atoms with Crippen LogP contribution in [0.25, 0.3) is 0 Å². The number of nitrogens with zero attached hydrogens (tertiary/aromatic N) is 1. The molecule has 0 aromatic rings. The molecule has 0 radical (unpaired) electrons. The van der Waals surface area contributed by atoms with Gasteiger partial charge in [0.15, 0.2) is 6.29 Å². The summed E-state index contributed by atoms with van der Waals surface area (Å²) in [5.74, 6) is 0. The number of fused-ring (bicyclic) bond motifs is 1. The quantitative estimate of drug-likeness (QED) is 0.701. The van der Waals surface area contributed by atoms with E-state index in [-0.39, 0.29) is 24.4 Å². The first-order valence-electron chi connectivity index (χ1n) is 6.15. The van der Waals surface area contributed by atoms with Gasteiger partial charge < -0.3 is 18.9 Å². The zero-order valence-corrected chi connectivity index (χ0v) is 12.8. The Kier molecular flexibility index (Phi) is 4.67. The van der Waals surface area contributed by atoms with Gasteiger partial charge in [0, 0.05) is 28.0 Å². The Hall–Kier alpha value is -0.0100. The van der Waals surface area contributed by atoms with Crippen LogP contribution in [-0.4, -0.2) is 77.0 Å². The lowest BCUT2D eigenvalue weighted by molar-refractivity contribution is -0.251. The van der Waals surface area contributed by atoms with Crippen molar-refractivity contribution in [1.82, 2.24) is 4.67 Å². The maximum atomic E-state index is 12.3. The fourth-order valence-electron chi connectivity index (χ4n) is 2.73. The highest BCUT2D eigenvalue weighted by atomic mass is 31.2. The van der Waals surface area contributed by atoms with Crippen molar-refractivity contribution in [2.45, 2.75) is 30.6 Å². The van der Waals surface area contributed by atoms with Gasteiger partial charge in [-0.2, -0.15) is 0 Å². The molecule has 0 aliphatic carbocycles. The monoisotopic (exact) mass is 295 g/mol. The van der Waals surface area contributed by atoms with Gasteiger partial charge in [-0.15, -0.1) is 0 Å². The molecular formula is C11H22NO6P. The van der Waals surface area contributed by atoms with Crippen molar-refractivity contribution < 1.29 is 28.0 Å². The van der Waals surface area contributed by atoms with Crippen LogP contribution in [0.3, 0.4) is 0 Å². The van der Waals surface area contributed by atoms with Gasteiger partial charge in [-0.25, -0.2) is 4.67 Å². The first-order valence-corrected chi connectivity index (χ1v) is 8.18. The standard InChI is InChI=1S/C11H22NO6P/c1-12-8-10(16-4)9(15-3)7(6-14-2)17-11(8)18-19(12,5)13/h7-11H,6H2,1-5H3/t7-,8-,9-,10-,11+,19-/m1/s1. The van der Waals surface area contributed by atoms with Crippen molar-refractivity contribution in [2.24, 2.45) is 0 Å². The smallest absolute Gasteiger partial charge is 0.272 e. The molecule has 19 heavy (non-hydrogen) atoms. The summed E-state index contributed by atoms with van der Waals surface area (Å²) in [4.78, 5) is 0. The van der Waals surface area contributed by atoms with Gasteiger partial charge in [0.25, 0.3) is 7.52 Å². The average molecular weight is 295 g/mol. The Morgan fingerprint density at radius 2 is 1.84 bits per heavy atom. The second-order valence-corrected chi connectivity index (χ2v) is 7.32. The minimum atomic E-state index is -2.84. The van der Waals surface area contributed by atoms with Gasteiger partial charge in [0.1, 0.15) is 18.3 Å². The zero-order chi connectivity index (χ0) is 14.2. The summed E-state index contributed by atoms with van der Waals surface area (Å²) in [7, 11) is 3.72. The molecule has 0 aromatic heterocycles. The average Bonchev–Trinajstić information content (AvgIpc) is 2.58. The van der Waals surface area contributed by atoms with Crippen LogP contribution in [0, 0.1) is 0 Å². The van der Waals surface area contributed by atoms with E-state index in [0.717, 1.165) is 0 Å². The summed E-state index contributed by atoms with van der Waals surface area (Å²) in [5, 5.41) is 0. The molecule has 2 rings (SSSR count). The summed E-state index contributed by atoms with van der Waals surface area (Å²) >= 11 is 0. The SMILES string of the molecule is COC[C@H]1O[C@H]2O[P@@](C)(=O)N(C)[C@@H]2[C@@H](OC)[C@@H]1OC. The van der Waals surface area contributed by atoms with Crippen LogP contribution in [0.4, 0.5) is 0 Å². The van der Waals surface area contributed by atoms with Crippen LogP contribution in [0.5, 0.6) is 0 Å². The van der Waals surface area contributed by atoms with E-state index in [1.165, 1.54) is 0 Å². The van der Waals surface area contributed by atoms with E-state index in [4.69, 9.17) is 23.5 Å². The van der Waals surface area contributed by atoms with E-state index in [1.54, 1.807) is 39.7 Å². The maximum Gasteiger partial charge on any atom is 0.272 e. The van der Waals surface area contributed by atoms with Gasteiger partial charge in [-0.3, -0.25) is 9.09 Å². The second kappa shape index (κ2) is 5.77. The Morgan fingerprint density at radius 3 is 2.37 bits per heavy atom. The molecule has 0 N–H and O–H groups in total. The second-order valence-electron chi connectivity index (χ2n) is 4.87. The number of likely N-dealkylation sites (N-methyl/N-ethyl adjacent to an activating group) is 1.